The third-order valence-corrected chi connectivity index (χ3v) is 8.91. The monoisotopic (exact) mass is 700 g/mol. The van der Waals surface area contributed by atoms with Crippen molar-refractivity contribution < 1.29 is 20.1 Å². The number of imidazole rings is 1. The zero-order valence-electron chi connectivity index (χ0n) is 22.9. The van der Waals surface area contributed by atoms with Crippen LogP contribution in [0.4, 0.5) is 0 Å². The molecule has 4 aromatic carbocycles. The van der Waals surface area contributed by atoms with Gasteiger partial charge in [0.2, 0.25) is 0 Å². The molecule has 0 saturated heterocycles. The maximum Gasteiger partial charge on any atom is 0.0602 e. The predicted octanol–water partition coefficient (Wildman–Crippen LogP) is 9.99. The summed E-state index contributed by atoms with van der Waals surface area (Å²) in [4.78, 5) is 4.93. The second-order valence-electron chi connectivity index (χ2n) is 11.2. The SMILES string of the molecule is [Ir].[c-]1ccccc1-c1nccn1-c1c(C2CCCC2)c(-c2ccccc2)cc(-c2ccccc2)c1C1CCCC1. The van der Waals surface area contributed by atoms with Gasteiger partial charge in [0.15, 0.2) is 0 Å². The van der Waals surface area contributed by atoms with E-state index in [2.05, 4.69) is 95.7 Å². The van der Waals surface area contributed by atoms with Crippen LogP contribution in [0.15, 0.2) is 103 Å². The van der Waals surface area contributed by atoms with Gasteiger partial charge in [0.05, 0.1) is 5.82 Å². The van der Waals surface area contributed by atoms with Crippen LogP contribution in [0, 0.1) is 6.07 Å². The van der Waals surface area contributed by atoms with Crippen molar-refractivity contribution in [2.75, 3.05) is 0 Å². The molecule has 3 heteroatoms. The van der Waals surface area contributed by atoms with E-state index in [0.29, 0.717) is 11.8 Å². The fourth-order valence-electron chi connectivity index (χ4n) is 7.14. The second-order valence-corrected chi connectivity index (χ2v) is 11.2. The van der Waals surface area contributed by atoms with Crippen molar-refractivity contribution in [2.45, 2.75) is 63.2 Å². The first kappa shape index (κ1) is 26.9. The largest absolute Gasteiger partial charge is 0.339 e. The maximum atomic E-state index is 4.93. The molecule has 0 unspecified atom stereocenters. The van der Waals surface area contributed by atoms with Crippen LogP contribution in [0.1, 0.15) is 74.3 Å². The van der Waals surface area contributed by atoms with Gasteiger partial charge in [0, 0.05) is 38.2 Å². The number of hydrogen-bond acceptors (Lipinski definition) is 1. The smallest absolute Gasteiger partial charge is 0.0602 e. The summed E-state index contributed by atoms with van der Waals surface area (Å²) in [7, 11) is 0. The minimum atomic E-state index is 0. The molecule has 2 fully saturated rings. The van der Waals surface area contributed by atoms with Crippen LogP contribution in [0.2, 0.25) is 0 Å². The third kappa shape index (κ3) is 5.02. The standard InChI is InChI=1S/C37H35N2.Ir/c1-4-14-27(15-5-1)32-26-33(28-16-6-2-7-17-28)35(30-20-12-13-21-30)36(34(32)29-18-10-11-19-29)39-25-24-38-37(39)31-22-8-3-9-23-31;/h1-9,14-17,22,24-26,29-30H,10-13,18-21H2;/q-1;. The molecule has 1 radical (unpaired) electrons. The van der Waals surface area contributed by atoms with Crippen LogP contribution in [-0.4, -0.2) is 9.55 Å². The van der Waals surface area contributed by atoms with Gasteiger partial charge < -0.3 is 4.57 Å². The summed E-state index contributed by atoms with van der Waals surface area (Å²) in [5, 5.41) is 0. The fourth-order valence-corrected chi connectivity index (χ4v) is 7.14. The molecule has 0 N–H and O–H groups in total. The van der Waals surface area contributed by atoms with Gasteiger partial charge in [-0.3, -0.25) is 4.98 Å². The zero-order chi connectivity index (χ0) is 26.0. The average molecular weight is 700 g/mol. The van der Waals surface area contributed by atoms with E-state index in [-0.39, 0.29) is 20.1 Å². The summed E-state index contributed by atoms with van der Waals surface area (Å²) in [5.41, 5.74) is 10.9. The van der Waals surface area contributed by atoms with Crippen LogP contribution >= 0.6 is 0 Å². The Morgan fingerprint density at radius 2 is 1.18 bits per heavy atom. The quantitative estimate of drug-likeness (QED) is 0.161. The van der Waals surface area contributed by atoms with Gasteiger partial charge in [-0.25, -0.2) is 0 Å². The predicted molar refractivity (Wildman–Crippen MR) is 161 cm³/mol. The Morgan fingerprint density at radius 1 is 0.650 bits per heavy atom. The Labute approximate surface area is 251 Å². The number of nitrogens with zero attached hydrogens (tertiary/aromatic N) is 2. The van der Waals surface area contributed by atoms with Gasteiger partial charge >= 0.3 is 0 Å². The van der Waals surface area contributed by atoms with E-state index in [0.717, 1.165) is 11.4 Å². The molecule has 40 heavy (non-hydrogen) atoms. The molecule has 0 atom stereocenters. The normalized spacial score (nSPS) is 15.8. The Morgan fingerprint density at radius 3 is 1.68 bits per heavy atom. The number of hydrogen-bond donors (Lipinski definition) is 0. The third-order valence-electron chi connectivity index (χ3n) is 8.91. The summed E-state index contributed by atoms with van der Waals surface area (Å²) in [6.45, 7) is 0. The van der Waals surface area contributed by atoms with Crippen molar-refractivity contribution in [3.63, 3.8) is 0 Å². The molecule has 0 amide bonds. The van der Waals surface area contributed by atoms with Crippen molar-refractivity contribution >= 4 is 0 Å². The summed E-state index contributed by atoms with van der Waals surface area (Å²) < 4.78 is 2.42. The Hall–Kier alpha value is -3.26. The van der Waals surface area contributed by atoms with Crippen LogP contribution < -0.4 is 0 Å². The van der Waals surface area contributed by atoms with Crippen molar-refractivity contribution in [3.05, 3.63) is 121 Å². The van der Waals surface area contributed by atoms with E-state index in [1.165, 1.54) is 90.4 Å². The molecular formula is C37H35IrN2-. The first-order valence-electron chi connectivity index (χ1n) is 14.7. The molecule has 2 nitrogen and oxygen atoms in total. The van der Waals surface area contributed by atoms with Gasteiger partial charge in [-0.2, -0.15) is 0 Å². The van der Waals surface area contributed by atoms with Gasteiger partial charge in [-0.05, 0) is 77.0 Å². The number of rotatable bonds is 6. The van der Waals surface area contributed by atoms with Crippen molar-refractivity contribution in [1.29, 1.82) is 0 Å². The van der Waals surface area contributed by atoms with E-state index < -0.39 is 0 Å². The van der Waals surface area contributed by atoms with E-state index >= 15 is 0 Å². The minimum absolute atomic E-state index is 0. The van der Waals surface area contributed by atoms with E-state index in [1.807, 2.05) is 18.3 Å². The summed E-state index contributed by atoms with van der Waals surface area (Å²) in [6.07, 6.45) is 14.4. The first-order chi connectivity index (χ1) is 19.4. The number of aromatic nitrogens is 2. The van der Waals surface area contributed by atoms with E-state index in [4.69, 9.17) is 4.98 Å². The summed E-state index contributed by atoms with van der Waals surface area (Å²) >= 11 is 0. The van der Waals surface area contributed by atoms with Crippen molar-refractivity contribution in [3.8, 4) is 39.3 Å². The Kier molecular flexibility index (Phi) is 8.14. The van der Waals surface area contributed by atoms with E-state index in [1.54, 1.807) is 0 Å². The van der Waals surface area contributed by atoms with Gasteiger partial charge in [-0.1, -0.05) is 86.3 Å². The van der Waals surface area contributed by atoms with Crippen LogP contribution in [0.25, 0.3) is 39.3 Å². The summed E-state index contributed by atoms with van der Waals surface area (Å²) in [5.74, 6) is 2.09. The molecule has 0 bridgehead atoms. The molecule has 1 aromatic heterocycles. The van der Waals surface area contributed by atoms with Crippen LogP contribution in [-0.2, 0) is 20.1 Å². The fraction of sp³-hybridized carbons (Fsp3) is 0.270. The van der Waals surface area contributed by atoms with Gasteiger partial charge in [0.1, 0.15) is 0 Å². The van der Waals surface area contributed by atoms with Crippen molar-refractivity contribution in [2.24, 2.45) is 0 Å². The first-order valence-corrected chi connectivity index (χ1v) is 14.7. The topological polar surface area (TPSA) is 17.8 Å². The molecule has 0 aliphatic heterocycles. The Balaban J connectivity index is 0.00000289. The van der Waals surface area contributed by atoms with Crippen molar-refractivity contribution in [1.82, 2.24) is 9.55 Å². The minimum Gasteiger partial charge on any atom is -0.339 e. The molecule has 2 aliphatic rings. The molecular weight excluding hydrogens is 665 g/mol. The van der Waals surface area contributed by atoms with Gasteiger partial charge in [-0.15, -0.1) is 35.9 Å². The molecule has 7 rings (SSSR count). The zero-order valence-corrected chi connectivity index (χ0v) is 25.2. The van der Waals surface area contributed by atoms with E-state index in [9.17, 15) is 0 Å². The number of benzene rings is 4. The van der Waals surface area contributed by atoms with Crippen LogP contribution in [0.5, 0.6) is 0 Å². The molecule has 2 saturated carbocycles. The van der Waals surface area contributed by atoms with Crippen LogP contribution in [0.3, 0.4) is 0 Å². The molecule has 0 spiro atoms. The molecule has 5 aromatic rings. The Bertz CT molecular complexity index is 1470. The van der Waals surface area contributed by atoms with Gasteiger partial charge in [0.25, 0.3) is 0 Å². The summed E-state index contributed by atoms with van der Waals surface area (Å²) in [6, 6.07) is 36.4. The second kappa shape index (κ2) is 12.1. The molecule has 1 heterocycles. The molecule has 2 aliphatic carbocycles. The molecule has 203 valence electrons. The maximum absolute atomic E-state index is 4.93. The average Bonchev–Trinajstić information content (AvgIpc) is 3.81.